The van der Waals surface area contributed by atoms with Gasteiger partial charge in [-0.15, -0.1) is 0 Å². The van der Waals surface area contributed by atoms with Crippen molar-refractivity contribution in [3.63, 3.8) is 0 Å². The summed E-state index contributed by atoms with van der Waals surface area (Å²) < 4.78 is 10.8. The number of benzene rings is 1. The maximum Gasteiger partial charge on any atom is 0.335 e. The lowest BCUT2D eigenvalue weighted by Gasteiger charge is -2.16. The molecule has 0 aliphatic carbocycles. The second-order valence-corrected chi connectivity index (χ2v) is 5.45. The molecule has 1 aliphatic heterocycles. The zero-order chi connectivity index (χ0) is 15.1. The second kappa shape index (κ2) is 8.00. The van der Waals surface area contributed by atoms with Crippen LogP contribution >= 0.6 is 0 Å². The van der Waals surface area contributed by atoms with E-state index >= 15 is 0 Å². The zero-order valence-corrected chi connectivity index (χ0v) is 12.5. The summed E-state index contributed by atoms with van der Waals surface area (Å²) >= 11 is 0. The van der Waals surface area contributed by atoms with Crippen molar-refractivity contribution in [1.29, 1.82) is 0 Å². The monoisotopic (exact) mass is 293 g/mol. The molecule has 1 unspecified atom stereocenters. The van der Waals surface area contributed by atoms with Crippen LogP contribution in [0.5, 0.6) is 5.75 Å². The Bertz CT molecular complexity index is 463. The van der Waals surface area contributed by atoms with Crippen molar-refractivity contribution in [1.82, 2.24) is 4.90 Å². The Hall–Kier alpha value is -1.59. The van der Waals surface area contributed by atoms with E-state index in [4.69, 9.17) is 14.6 Å². The van der Waals surface area contributed by atoms with Crippen LogP contribution < -0.4 is 4.74 Å². The van der Waals surface area contributed by atoms with Crippen LogP contribution in [0.2, 0.25) is 0 Å². The van der Waals surface area contributed by atoms with Crippen LogP contribution in [0.1, 0.15) is 23.2 Å². The lowest BCUT2D eigenvalue weighted by Crippen LogP contribution is -2.24. The van der Waals surface area contributed by atoms with Gasteiger partial charge in [0.2, 0.25) is 0 Å². The Balaban J connectivity index is 1.66. The third kappa shape index (κ3) is 5.02. The summed E-state index contributed by atoms with van der Waals surface area (Å²) in [6.07, 6.45) is 2.15. The van der Waals surface area contributed by atoms with Gasteiger partial charge in [0.25, 0.3) is 0 Å². The van der Waals surface area contributed by atoms with Gasteiger partial charge in [0, 0.05) is 20.2 Å². The SMILES string of the molecule is COCC1CCN(CCCOc2cccc(C(=O)O)c2)C1. The number of hydrogen-bond acceptors (Lipinski definition) is 4. The number of methoxy groups -OCH3 is 1. The van der Waals surface area contributed by atoms with Crippen molar-refractivity contribution in [3.8, 4) is 5.75 Å². The maximum absolute atomic E-state index is 10.9. The summed E-state index contributed by atoms with van der Waals surface area (Å²) in [5.74, 6) is 0.346. The van der Waals surface area contributed by atoms with Gasteiger partial charge in [0.15, 0.2) is 0 Å². The number of likely N-dealkylation sites (tertiary alicyclic amines) is 1. The van der Waals surface area contributed by atoms with Crippen molar-refractivity contribution in [2.24, 2.45) is 5.92 Å². The van der Waals surface area contributed by atoms with Gasteiger partial charge in [-0.25, -0.2) is 4.79 Å². The highest BCUT2D eigenvalue weighted by Gasteiger charge is 2.21. The first-order valence-corrected chi connectivity index (χ1v) is 7.36. The Morgan fingerprint density at radius 3 is 3.10 bits per heavy atom. The number of hydrogen-bond donors (Lipinski definition) is 1. The summed E-state index contributed by atoms with van der Waals surface area (Å²) in [5.41, 5.74) is 0.259. The molecule has 1 fully saturated rings. The average Bonchev–Trinajstić information content (AvgIpc) is 2.92. The van der Waals surface area contributed by atoms with Crippen LogP contribution in [-0.2, 0) is 4.74 Å². The molecule has 0 amide bonds. The number of carboxylic acid groups (broad SMARTS) is 1. The second-order valence-electron chi connectivity index (χ2n) is 5.45. The molecule has 1 aliphatic rings. The number of nitrogens with zero attached hydrogens (tertiary/aromatic N) is 1. The normalized spacial score (nSPS) is 18.8. The molecule has 1 heterocycles. The minimum Gasteiger partial charge on any atom is -0.494 e. The zero-order valence-electron chi connectivity index (χ0n) is 12.5. The molecule has 21 heavy (non-hydrogen) atoms. The van der Waals surface area contributed by atoms with Crippen LogP contribution in [-0.4, -0.2) is 55.9 Å². The van der Waals surface area contributed by atoms with E-state index in [1.165, 1.54) is 6.42 Å². The molecule has 5 nitrogen and oxygen atoms in total. The van der Waals surface area contributed by atoms with E-state index in [0.29, 0.717) is 18.3 Å². The molecule has 1 atom stereocenters. The van der Waals surface area contributed by atoms with Gasteiger partial charge in [-0.1, -0.05) is 6.07 Å². The highest BCUT2D eigenvalue weighted by atomic mass is 16.5. The number of rotatable bonds is 8. The molecular formula is C16H23NO4. The van der Waals surface area contributed by atoms with Crippen LogP contribution in [0, 0.1) is 5.92 Å². The van der Waals surface area contributed by atoms with Crippen molar-refractivity contribution >= 4 is 5.97 Å². The van der Waals surface area contributed by atoms with Gasteiger partial charge >= 0.3 is 5.97 Å². The van der Waals surface area contributed by atoms with Crippen molar-refractivity contribution in [3.05, 3.63) is 29.8 Å². The quantitative estimate of drug-likeness (QED) is 0.744. The van der Waals surface area contributed by atoms with E-state index in [1.807, 2.05) is 0 Å². The molecule has 0 radical (unpaired) electrons. The average molecular weight is 293 g/mol. The fraction of sp³-hybridized carbons (Fsp3) is 0.562. The lowest BCUT2D eigenvalue weighted by atomic mass is 10.1. The Kier molecular flexibility index (Phi) is 6.02. The molecule has 0 saturated carbocycles. The molecular weight excluding hydrogens is 270 g/mol. The van der Waals surface area contributed by atoms with Gasteiger partial charge < -0.3 is 19.5 Å². The standard InChI is InChI=1S/C16H23NO4/c1-20-12-13-6-8-17(11-13)7-3-9-21-15-5-2-4-14(10-15)16(18)19/h2,4-5,10,13H,3,6-9,11-12H2,1H3,(H,18,19). The van der Waals surface area contributed by atoms with Gasteiger partial charge in [-0.3, -0.25) is 0 Å². The van der Waals surface area contributed by atoms with E-state index in [1.54, 1.807) is 31.4 Å². The van der Waals surface area contributed by atoms with E-state index < -0.39 is 5.97 Å². The number of ether oxygens (including phenoxy) is 2. The van der Waals surface area contributed by atoms with Crippen LogP contribution in [0.3, 0.4) is 0 Å². The van der Waals surface area contributed by atoms with E-state index in [9.17, 15) is 4.79 Å². The fourth-order valence-electron chi connectivity index (χ4n) is 2.68. The van der Waals surface area contributed by atoms with Crippen molar-refractivity contribution in [2.75, 3.05) is 40.0 Å². The summed E-state index contributed by atoms with van der Waals surface area (Å²) in [5, 5.41) is 8.92. The van der Waals surface area contributed by atoms with E-state index in [2.05, 4.69) is 4.90 Å². The van der Waals surface area contributed by atoms with Gasteiger partial charge in [0.1, 0.15) is 5.75 Å². The summed E-state index contributed by atoms with van der Waals surface area (Å²) in [6.45, 7) is 4.69. The molecule has 1 N–H and O–H groups in total. The van der Waals surface area contributed by atoms with Gasteiger partial charge in [0.05, 0.1) is 18.8 Å². The minimum absolute atomic E-state index is 0.259. The van der Waals surface area contributed by atoms with Crippen molar-refractivity contribution < 1.29 is 19.4 Å². The molecule has 5 heteroatoms. The minimum atomic E-state index is -0.929. The number of carboxylic acids is 1. The summed E-state index contributed by atoms with van der Waals surface area (Å²) in [7, 11) is 1.75. The van der Waals surface area contributed by atoms with Crippen LogP contribution in [0.25, 0.3) is 0 Å². The smallest absolute Gasteiger partial charge is 0.335 e. The summed E-state index contributed by atoms with van der Waals surface area (Å²) in [6, 6.07) is 6.62. The van der Waals surface area contributed by atoms with Crippen LogP contribution in [0.15, 0.2) is 24.3 Å². The Morgan fingerprint density at radius 2 is 2.33 bits per heavy atom. The number of aromatic carboxylic acids is 1. The molecule has 0 bridgehead atoms. The summed E-state index contributed by atoms with van der Waals surface area (Å²) in [4.78, 5) is 13.3. The highest BCUT2D eigenvalue weighted by molar-refractivity contribution is 5.87. The van der Waals surface area contributed by atoms with Gasteiger partial charge in [-0.2, -0.15) is 0 Å². The molecule has 1 aromatic rings. The molecule has 0 aromatic heterocycles. The third-order valence-electron chi connectivity index (χ3n) is 3.74. The molecule has 116 valence electrons. The van der Waals surface area contributed by atoms with Gasteiger partial charge in [-0.05, 0) is 43.5 Å². The first-order valence-electron chi connectivity index (χ1n) is 7.36. The first kappa shape index (κ1) is 15.8. The predicted octanol–water partition coefficient (Wildman–Crippen LogP) is 2.12. The number of carbonyl (C=O) groups is 1. The molecule has 1 saturated heterocycles. The molecule has 2 rings (SSSR count). The largest absolute Gasteiger partial charge is 0.494 e. The topological polar surface area (TPSA) is 59.0 Å². The van der Waals surface area contributed by atoms with Crippen molar-refractivity contribution in [2.45, 2.75) is 12.8 Å². The van der Waals surface area contributed by atoms with E-state index in [-0.39, 0.29) is 5.56 Å². The molecule has 1 aromatic carbocycles. The lowest BCUT2D eigenvalue weighted by molar-refractivity contribution is 0.0696. The fourth-order valence-corrected chi connectivity index (χ4v) is 2.68. The third-order valence-corrected chi connectivity index (χ3v) is 3.74. The Morgan fingerprint density at radius 1 is 1.48 bits per heavy atom. The Labute approximate surface area is 125 Å². The molecule has 0 spiro atoms. The van der Waals surface area contributed by atoms with E-state index in [0.717, 1.165) is 32.7 Å². The highest BCUT2D eigenvalue weighted by Crippen LogP contribution is 2.17. The predicted molar refractivity (Wildman–Crippen MR) is 79.9 cm³/mol. The van der Waals surface area contributed by atoms with Crippen LogP contribution in [0.4, 0.5) is 0 Å². The maximum atomic E-state index is 10.9. The first-order chi connectivity index (χ1) is 10.2.